The Morgan fingerprint density at radius 2 is 2.00 bits per heavy atom. The van der Waals surface area contributed by atoms with Crippen LogP contribution in [0.25, 0.3) is 0 Å². The van der Waals surface area contributed by atoms with Gasteiger partial charge in [-0.15, -0.1) is 0 Å². The van der Waals surface area contributed by atoms with Gasteiger partial charge in [0.25, 0.3) is 0 Å². The molecule has 0 aromatic rings. The van der Waals surface area contributed by atoms with Gasteiger partial charge < -0.3 is 9.84 Å². The van der Waals surface area contributed by atoms with E-state index in [1.165, 1.54) is 6.92 Å². The molecule has 0 aliphatic carbocycles. The summed E-state index contributed by atoms with van der Waals surface area (Å²) in [4.78, 5) is 23.9. The highest BCUT2D eigenvalue weighted by Gasteiger charge is 2.51. The summed E-state index contributed by atoms with van der Waals surface area (Å²) in [5, 5.41) is 9.09. The lowest BCUT2D eigenvalue weighted by molar-refractivity contribution is -0.148. The zero-order valence-corrected chi connectivity index (χ0v) is 10.5. The van der Waals surface area contributed by atoms with Gasteiger partial charge >= 0.3 is 12.1 Å². The fourth-order valence-corrected chi connectivity index (χ4v) is 1.80. The molecule has 1 aliphatic rings. The van der Waals surface area contributed by atoms with E-state index in [1.54, 1.807) is 20.8 Å². The Bertz CT molecular complexity index is 339. The van der Waals surface area contributed by atoms with Crippen LogP contribution in [-0.2, 0) is 9.53 Å². The molecule has 17 heavy (non-hydrogen) atoms. The second kappa shape index (κ2) is 4.16. The number of hydrogen-bond acceptors (Lipinski definition) is 3. The standard InChI is InChI=1S/C11H18FNO4/c1-10(2,3)17-9(16)13-6-7(12)5-11(13,4)8(14)15/h7H,5-6H2,1-4H3,(H,14,15)/t7-,11-/m1/s1. The number of halogens is 1. The quantitative estimate of drug-likeness (QED) is 0.767. The van der Waals surface area contributed by atoms with Crippen molar-refractivity contribution >= 4 is 12.1 Å². The molecule has 0 bridgehead atoms. The number of likely N-dealkylation sites (tertiary alicyclic amines) is 1. The lowest BCUT2D eigenvalue weighted by Gasteiger charge is -2.32. The van der Waals surface area contributed by atoms with Gasteiger partial charge in [0, 0.05) is 6.42 Å². The van der Waals surface area contributed by atoms with Gasteiger partial charge in [-0.1, -0.05) is 0 Å². The number of rotatable bonds is 1. The number of hydrogen-bond donors (Lipinski definition) is 1. The molecule has 0 spiro atoms. The molecule has 0 unspecified atom stereocenters. The maximum atomic E-state index is 13.3. The monoisotopic (exact) mass is 247 g/mol. The molecule has 5 nitrogen and oxygen atoms in total. The van der Waals surface area contributed by atoms with Crippen molar-refractivity contribution in [1.29, 1.82) is 0 Å². The van der Waals surface area contributed by atoms with E-state index in [2.05, 4.69) is 0 Å². The van der Waals surface area contributed by atoms with E-state index in [1.807, 2.05) is 0 Å². The van der Waals surface area contributed by atoms with Crippen molar-refractivity contribution in [3.8, 4) is 0 Å². The molecule has 0 radical (unpaired) electrons. The maximum Gasteiger partial charge on any atom is 0.411 e. The van der Waals surface area contributed by atoms with Gasteiger partial charge in [-0.3, -0.25) is 4.90 Å². The van der Waals surface area contributed by atoms with E-state index in [4.69, 9.17) is 9.84 Å². The molecule has 2 atom stereocenters. The van der Waals surface area contributed by atoms with Crippen molar-refractivity contribution in [3.05, 3.63) is 0 Å². The van der Waals surface area contributed by atoms with E-state index in [0.29, 0.717) is 0 Å². The summed E-state index contributed by atoms with van der Waals surface area (Å²) >= 11 is 0. The molecule has 1 aliphatic heterocycles. The van der Waals surface area contributed by atoms with Crippen molar-refractivity contribution in [2.75, 3.05) is 6.54 Å². The lowest BCUT2D eigenvalue weighted by Crippen LogP contribution is -2.52. The molecule has 0 aromatic carbocycles. The first-order valence-corrected chi connectivity index (χ1v) is 5.44. The second-order valence-corrected chi connectivity index (χ2v) is 5.47. The largest absolute Gasteiger partial charge is 0.480 e. The molecule has 1 rings (SSSR count). The molecule has 1 amide bonds. The van der Waals surface area contributed by atoms with Crippen LogP contribution in [0, 0.1) is 0 Å². The summed E-state index contributed by atoms with van der Waals surface area (Å²) in [7, 11) is 0. The zero-order chi connectivity index (χ0) is 13.4. The van der Waals surface area contributed by atoms with Gasteiger partial charge in [0.1, 0.15) is 17.3 Å². The first-order valence-electron chi connectivity index (χ1n) is 5.44. The summed E-state index contributed by atoms with van der Waals surface area (Å²) in [5.41, 5.74) is -2.26. The molecule has 1 saturated heterocycles. The first-order chi connectivity index (χ1) is 7.56. The van der Waals surface area contributed by atoms with Crippen molar-refractivity contribution in [1.82, 2.24) is 4.90 Å². The normalized spacial score (nSPS) is 29.2. The van der Waals surface area contributed by atoms with Crippen molar-refractivity contribution < 1.29 is 23.8 Å². The van der Waals surface area contributed by atoms with Gasteiger partial charge in [-0.05, 0) is 27.7 Å². The van der Waals surface area contributed by atoms with Crippen LogP contribution in [-0.4, -0.2) is 45.9 Å². The third kappa shape index (κ3) is 2.87. The number of amides is 1. The lowest BCUT2D eigenvalue weighted by atomic mass is 9.99. The number of carboxylic acid groups (broad SMARTS) is 1. The highest BCUT2D eigenvalue weighted by Crippen LogP contribution is 2.32. The van der Waals surface area contributed by atoms with E-state index in [9.17, 15) is 14.0 Å². The number of nitrogens with zero attached hydrogens (tertiary/aromatic N) is 1. The maximum absolute atomic E-state index is 13.3. The number of carboxylic acids is 1. The van der Waals surface area contributed by atoms with E-state index in [0.717, 1.165) is 4.90 Å². The van der Waals surface area contributed by atoms with Crippen LogP contribution < -0.4 is 0 Å². The third-order valence-corrected chi connectivity index (χ3v) is 2.67. The molecule has 98 valence electrons. The Balaban J connectivity index is 2.88. The van der Waals surface area contributed by atoms with Crippen LogP contribution in [0.4, 0.5) is 9.18 Å². The van der Waals surface area contributed by atoms with Gasteiger partial charge in [-0.25, -0.2) is 14.0 Å². The van der Waals surface area contributed by atoms with Gasteiger partial charge in [0.2, 0.25) is 0 Å². The average molecular weight is 247 g/mol. The number of carbonyl (C=O) groups is 2. The first kappa shape index (κ1) is 13.7. The SMILES string of the molecule is CC(C)(C)OC(=O)N1C[C@H](F)C[C@]1(C)C(=O)O. The molecule has 0 saturated carbocycles. The fraction of sp³-hybridized carbons (Fsp3) is 0.818. The van der Waals surface area contributed by atoms with Gasteiger partial charge in [0.15, 0.2) is 0 Å². The van der Waals surface area contributed by atoms with E-state index >= 15 is 0 Å². The molecular formula is C11H18FNO4. The average Bonchev–Trinajstić information content (AvgIpc) is 2.40. The number of aliphatic carboxylic acids is 1. The van der Waals surface area contributed by atoms with Crippen LogP contribution in [0.15, 0.2) is 0 Å². The van der Waals surface area contributed by atoms with Crippen molar-refractivity contribution in [3.63, 3.8) is 0 Å². The predicted octanol–water partition coefficient (Wildman–Crippen LogP) is 1.81. The fourth-order valence-electron chi connectivity index (χ4n) is 1.80. The zero-order valence-electron chi connectivity index (χ0n) is 10.5. The van der Waals surface area contributed by atoms with Gasteiger partial charge in [-0.2, -0.15) is 0 Å². The smallest absolute Gasteiger partial charge is 0.411 e. The van der Waals surface area contributed by atoms with E-state index < -0.39 is 29.4 Å². The number of ether oxygens (including phenoxy) is 1. The minimum Gasteiger partial charge on any atom is -0.480 e. The molecular weight excluding hydrogens is 229 g/mol. The van der Waals surface area contributed by atoms with Crippen LogP contribution in [0.1, 0.15) is 34.1 Å². The van der Waals surface area contributed by atoms with Gasteiger partial charge in [0.05, 0.1) is 6.54 Å². The Labute approximate surface area is 99.5 Å². The second-order valence-electron chi connectivity index (χ2n) is 5.47. The molecule has 1 fully saturated rings. The van der Waals surface area contributed by atoms with Crippen LogP contribution in [0.3, 0.4) is 0 Å². The minimum atomic E-state index is -1.53. The Hall–Kier alpha value is -1.33. The third-order valence-electron chi connectivity index (χ3n) is 2.67. The topological polar surface area (TPSA) is 66.8 Å². The summed E-state index contributed by atoms with van der Waals surface area (Å²) in [6, 6.07) is 0. The predicted molar refractivity (Wildman–Crippen MR) is 58.5 cm³/mol. The highest BCUT2D eigenvalue weighted by molar-refractivity contribution is 5.85. The summed E-state index contributed by atoms with van der Waals surface area (Å²) in [6.07, 6.45) is -2.33. The highest BCUT2D eigenvalue weighted by atomic mass is 19.1. The Morgan fingerprint density at radius 1 is 1.47 bits per heavy atom. The van der Waals surface area contributed by atoms with Crippen LogP contribution in [0.2, 0.25) is 0 Å². The molecule has 0 aromatic heterocycles. The van der Waals surface area contributed by atoms with E-state index in [-0.39, 0.29) is 13.0 Å². The van der Waals surface area contributed by atoms with Crippen molar-refractivity contribution in [2.24, 2.45) is 0 Å². The summed E-state index contributed by atoms with van der Waals surface area (Å²) in [5.74, 6) is -1.22. The molecule has 1 heterocycles. The number of carbonyl (C=O) groups excluding carboxylic acids is 1. The van der Waals surface area contributed by atoms with Crippen LogP contribution in [0.5, 0.6) is 0 Å². The minimum absolute atomic E-state index is 0.207. The number of alkyl halides is 1. The summed E-state index contributed by atoms with van der Waals surface area (Å²) < 4.78 is 18.4. The Kier molecular flexibility index (Phi) is 3.36. The molecule has 1 N–H and O–H groups in total. The van der Waals surface area contributed by atoms with Crippen molar-refractivity contribution in [2.45, 2.75) is 51.4 Å². The van der Waals surface area contributed by atoms with Crippen LogP contribution >= 0.6 is 0 Å². The summed E-state index contributed by atoms with van der Waals surface area (Å²) in [6.45, 7) is 6.11. The molecule has 6 heteroatoms. The Morgan fingerprint density at radius 3 is 2.41 bits per heavy atom.